The topological polar surface area (TPSA) is 111 Å². The molecule has 0 fully saturated rings. The predicted octanol–water partition coefficient (Wildman–Crippen LogP) is 6.53. The molecule has 0 atom stereocenters. The van der Waals surface area contributed by atoms with Gasteiger partial charge >= 0.3 is 0 Å². The van der Waals surface area contributed by atoms with E-state index in [1.807, 2.05) is 0 Å². The minimum absolute atomic E-state index is 0.00504. The Labute approximate surface area is 256 Å². The lowest BCUT2D eigenvalue weighted by atomic mass is 10.1. The Morgan fingerprint density at radius 3 is 2.14 bits per heavy atom. The number of aryl methyl sites for hydroxylation is 1. The number of fused-ring (bicyclic) bond motifs is 1. The van der Waals surface area contributed by atoms with Crippen LogP contribution in [0.2, 0.25) is 0 Å². The molecule has 3 aromatic carbocycles. The smallest absolute Gasteiger partial charge is 0.239 e. The van der Waals surface area contributed by atoms with Gasteiger partial charge in [-0.3, -0.25) is 4.79 Å². The molecule has 0 aliphatic carbocycles. The fraction of sp³-hybridized carbons (Fsp3) is 0.258. The number of rotatable bonds is 12. The molecular weight excluding hydrogens is 592 g/mol. The zero-order chi connectivity index (χ0) is 30.5. The van der Waals surface area contributed by atoms with Crippen molar-refractivity contribution in [2.24, 2.45) is 0 Å². The van der Waals surface area contributed by atoms with Crippen LogP contribution >= 0.6 is 23.1 Å². The SMILES string of the molecule is COc1cc(OC)c2c(=O)c(OCc3nnc(SCc4ccc(C)cc4)s3)c(-c3cc(OC)c(OC)c(OC)c3)oc2c1. The third kappa shape index (κ3) is 6.35. The van der Waals surface area contributed by atoms with Crippen molar-refractivity contribution in [2.45, 2.75) is 23.6 Å². The van der Waals surface area contributed by atoms with Gasteiger partial charge < -0.3 is 32.8 Å². The monoisotopic (exact) mass is 622 g/mol. The first kappa shape index (κ1) is 30.1. The van der Waals surface area contributed by atoms with Gasteiger partial charge in [0, 0.05) is 23.4 Å². The van der Waals surface area contributed by atoms with Gasteiger partial charge in [-0.05, 0) is 24.6 Å². The van der Waals surface area contributed by atoms with Crippen LogP contribution in [0.4, 0.5) is 0 Å². The molecule has 0 aliphatic heterocycles. The zero-order valence-corrected chi connectivity index (χ0v) is 26.1. The summed E-state index contributed by atoms with van der Waals surface area (Å²) in [5.74, 6) is 2.79. The molecule has 2 aromatic heterocycles. The number of aromatic nitrogens is 2. The van der Waals surface area contributed by atoms with Crippen LogP contribution in [-0.4, -0.2) is 45.7 Å². The molecule has 0 aliphatic rings. The van der Waals surface area contributed by atoms with Crippen molar-refractivity contribution in [1.82, 2.24) is 10.2 Å². The molecule has 5 rings (SSSR count). The minimum Gasteiger partial charge on any atom is -0.496 e. The fourth-order valence-electron chi connectivity index (χ4n) is 4.37. The minimum atomic E-state index is -0.428. The Bertz CT molecular complexity index is 1780. The van der Waals surface area contributed by atoms with Crippen LogP contribution < -0.4 is 33.8 Å². The van der Waals surface area contributed by atoms with Crippen LogP contribution in [-0.2, 0) is 12.4 Å². The molecule has 0 radical (unpaired) electrons. The van der Waals surface area contributed by atoms with Crippen LogP contribution in [0.5, 0.6) is 34.5 Å². The molecule has 0 N–H and O–H groups in total. The number of methoxy groups -OCH3 is 5. The van der Waals surface area contributed by atoms with Crippen molar-refractivity contribution >= 4 is 34.1 Å². The van der Waals surface area contributed by atoms with E-state index in [4.69, 9.17) is 32.8 Å². The van der Waals surface area contributed by atoms with E-state index in [0.29, 0.717) is 33.6 Å². The Balaban J connectivity index is 1.54. The van der Waals surface area contributed by atoms with Crippen LogP contribution in [0.15, 0.2) is 62.1 Å². The summed E-state index contributed by atoms with van der Waals surface area (Å²) in [6.45, 7) is 2.05. The maximum absolute atomic E-state index is 14.0. The second-order valence-corrected chi connectivity index (χ2v) is 11.5. The van der Waals surface area contributed by atoms with Gasteiger partial charge in [0.1, 0.15) is 29.1 Å². The average molecular weight is 623 g/mol. The van der Waals surface area contributed by atoms with Gasteiger partial charge in [-0.1, -0.05) is 52.9 Å². The standard InChI is InChI=1S/C31H30N2O8S2/c1-17-7-9-18(10-8-17)16-42-31-33-32-25(43-31)15-40-30-27(34)26-21(36-3)13-20(35-2)14-22(26)41-28(30)19-11-23(37-4)29(39-6)24(12-19)38-5/h7-14H,15-16H2,1-6H3. The summed E-state index contributed by atoms with van der Waals surface area (Å²) >= 11 is 2.99. The summed E-state index contributed by atoms with van der Waals surface area (Å²) < 4.78 is 40.8. The maximum Gasteiger partial charge on any atom is 0.239 e. The van der Waals surface area contributed by atoms with Crippen molar-refractivity contribution in [3.63, 3.8) is 0 Å². The lowest BCUT2D eigenvalue weighted by Crippen LogP contribution is -2.11. The first-order valence-electron chi connectivity index (χ1n) is 13.1. The highest BCUT2D eigenvalue weighted by atomic mass is 32.2. The normalized spacial score (nSPS) is 10.9. The van der Waals surface area contributed by atoms with Crippen LogP contribution in [0.25, 0.3) is 22.3 Å². The molecule has 0 amide bonds. The second kappa shape index (κ2) is 13.3. The van der Waals surface area contributed by atoms with Gasteiger partial charge in [0.15, 0.2) is 26.6 Å². The van der Waals surface area contributed by atoms with Crippen molar-refractivity contribution in [1.29, 1.82) is 0 Å². The van der Waals surface area contributed by atoms with Gasteiger partial charge in [0.25, 0.3) is 0 Å². The van der Waals surface area contributed by atoms with Gasteiger partial charge in [-0.15, -0.1) is 10.2 Å². The summed E-state index contributed by atoms with van der Waals surface area (Å²) in [5.41, 5.74) is 2.70. The molecular formula is C31H30N2O8S2. The van der Waals surface area contributed by atoms with Gasteiger partial charge in [-0.2, -0.15) is 0 Å². The maximum atomic E-state index is 14.0. The lowest BCUT2D eigenvalue weighted by Gasteiger charge is -2.16. The van der Waals surface area contributed by atoms with E-state index in [9.17, 15) is 4.79 Å². The molecule has 2 heterocycles. The van der Waals surface area contributed by atoms with E-state index >= 15 is 0 Å². The largest absolute Gasteiger partial charge is 0.496 e. The number of hydrogen-bond acceptors (Lipinski definition) is 12. The number of benzene rings is 3. The molecule has 224 valence electrons. The van der Waals surface area contributed by atoms with Gasteiger partial charge in [0.05, 0.1) is 35.5 Å². The summed E-state index contributed by atoms with van der Waals surface area (Å²) in [7, 11) is 7.52. The molecule has 0 saturated carbocycles. The van der Waals surface area contributed by atoms with Crippen molar-refractivity contribution in [2.75, 3.05) is 35.5 Å². The van der Waals surface area contributed by atoms with E-state index in [2.05, 4.69) is 41.4 Å². The van der Waals surface area contributed by atoms with E-state index in [1.54, 1.807) is 36.0 Å². The Morgan fingerprint density at radius 2 is 1.51 bits per heavy atom. The molecule has 0 bridgehead atoms. The second-order valence-electron chi connectivity index (χ2n) is 9.23. The summed E-state index contributed by atoms with van der Waals surface area (Å²) in [6, 6.07) is 15.0. The molecule has 0 saturated heterocycles. The average Bonchev–Trinajstić information content (AvgIpc) is 3.50. The third-order valence-corrected chi connectivity index (χ3v) is 8.65. The van der Waals surface area contributed by atoms with E-state index in [0.717, 1.165) is 10.1 Å². The van der Waals surface area contributed by atoms with Crippen molar-refractivity contribution in [3.8, 4) is 45.8 Å². The van der Waals surface area contributed by atoms with E-state index in [1.165, 1.54) is 58.0 Å². The van der Waals surface area contributed by atoms with Crippen molar-refractivity contribution in [3.05, 3.63) is 74.9 Å². The Morgan fingerprint density at radius 1 is 0.814 bits per heavy atom. The highest BCUT2D eigenvalue weighted by Gasteiger charge is 2.25. The summed E-state index contributed by atoms with van der Waals surface area (Å²) in [5, 5.41) is 9.38. The Hall–Kier alpha value is -4.42. The molecule has 43 heavy (non-hydrogen) atoms. The first-order chi connectivity index (χ1) is 20.9. The zero-order valence-electron chi connectivity index (χ0n) is 24.5. The van der Waals surface area contributed by atoms with Gasteiger partial charge in [0.2, 0.25) is 16.9 Å². The number of ether oxygens (including phenoxy) is 6. The van der Waals surface area contributed by atoms with Gasteiger partial charge in [-0.25, -0.2) is 0 Å². The molecule has 12 heteroatoms. The quantitative estimate of drug-likeness (QED) is 0.142. The van der Waals surface area contributed by atoms with Crippen LogP contribution in [0.1, 0.15) is 16.1 Å². The molecule has 5 aromatic rings. The fourth-order valence-corrected chi connectivity index (χ4v) is 6.14. The highest BCUT2D eigenvalue weighted by Crippen LogP contribution is 2.44. The van der Waals surface area contributed by atoms with Crippen molar-refractivity contribution < 1.29 is 32.8 Å². The van der Waals surface area contributed by atoms with E-state index < -0.39 is 5.43 Å². The number of nitrogens with zero attached hydrogens (tertiary/aromatic N) is 2. The predicted molar refractivity (Wildman–Crippen MR) is 166 cm³/mol. The van der Waals surface area contributed by atoms with Crippen LogP contribution in [0.3, 0.4) is 0 Å². The molecule has 10 nitrogen and oxygen atoms in total. The third-order valence-electron chi connectivity index (χ3n) is 6.54. The first-order valence-corrected chi connectivity index (χ1v) is 14.9. The molecule has 0 unspecified atom stereocenters. The van der Waals surface area contributed by atoms with Crippen LogP contribution in [0, 0.1) is 6.92 Å². The number of hydrogen-bond donors (Lipinski definition) is 0. The Kier molecular flexibility index (Phi) is 9.27. The lowest BCUT2D eigenvalue weighted by molar-refractivity contribution is 0.295. The highest BCUT2D eigenvalue weighted by molar-refractivity contribution is 8.00. The van der Waals surface area contributed by atoms with E-state index in [-0.39, 0.29) is 34.8 Å². The molecule has 0 spiro atoms. The summed E-state index contributed by atoms with van der Waals surface area (Å²) in [4.78, 5) is 14.0. The number of thioether (sulfide) groups is 1. The summed E-state index contributed by atoms with van der Waals surface area (Å²) in [6.07, 6.45) is 0.